The third-order valence-corrected chi connectivity index (χ3v) is 3.84. The van der Waals surface area contributed by atoms with E-state index in [4.69, 9.17) is 5.73 Å². The van der Waals surface area contributed by atoms with Gasteiger partial charge >= 0.3 is 0 Å². The summed E-state index contributed by atoms with van der Waals surface area (Å²) in [5.41, 5.74) is 10.2. The van der Waals surface area contributed by atoms with Gasteiger partial charge in [-0.15, -0.1) is 0 Å². The van der Waals surface area contributed by atoms with E-state index in [0.29, 0.717) is 6.54 Å². The van der Waals surface area contributed by atoms with Crippen LogP contribution in [-0.2, 0) is 6.54 Å². The van der Waals surface area contributed by atoms with E-state index in [1.165, 1.54) is 16.7 Å². The van der Waals surface area contributed by atoms with Crippen LogP contribution in [-0.4, -0.2) is 23.5 Å². The van der Waals surface area contributed by atoms with Crippen LogP contribution in [0.15, 0.2) is 18.2 Å². The van der Waals surface area contributed by atoms with Crippen LogP contribution in [0.3, 0.4) is 0 Å². The minimum atomic E-state index is 0.0602. The van der Waals surface area contributed by atoms with E-state index in [0.717, 1.165) is 19.5 Å². The van der Waals surface area contributed by atoms with Gasteiger partial charge < -0.3 is 5.73 Å². The first-order chi connectivity index (χ1) is 8.42. The van der Waals surface area contributed by atoms with Gasteiger partial charge in [0.1, 0.15) is 0 Å². The highest BCUT2D eigenvalue weighted by Crippen LogP contribution is 2.21. The monoisotopic (exact) mass is 248 g/mol. The second kappa shape index (κ2) is 6.35. The molecule has 1 rings (SSSR count). The molecule has 0 radical (unpaired) electrons. The molecule has 0 saturated heterocycles. The number of rotatable bonds is 6. The lowest BCUT2D eigenvalue weighted by Crippen LogP contribution is -2.49. The van der Waals surface area contributed by atoms with E-state index in [-0.39, 0.29) is 5.54 Å². The van der Waals surface area contributed by atoms with Crippen LogP contribution < -0.4 is 5.73 Å². The lowest BCUT2D eigenvalue weighted by Gasteiger charge is -2.38. The van der Waals surface area contributed by atoms with Crippen molar-refractivity contribution in [2.24, 2.45) is 5.73 Å². The number of hydrogen-bond donors (Lipinski definition) is 1. The van der Waals surface area contributed by atoms with Crippen LogP contribution in [0.25, 0.3) is 0 Å². The molecule has 1 aromatic rings. The van der Waals surface area contributed by atoms with Crippen LogP contribution in [0.5, 0.6) is 0 Å². The predicted molar refractivity (Wildman–Crippen MR) is 79.8 cm³/mol. The van der Waals surface area contributed by atoms with E-state index in [9.17, 15) is 0 Å². The quantitative estimate of drug-likeness (QED) is 0.837. The Morgan fingerprint density at radius 2 is 1.72 bits per heavy atom. The first-order valence-corrected chi connectivity index (χ1v) is 6.92. The Kier molecular flexibility index (Phi) is 5.36. The van der Waals surface area contributed by atoms with Crippen molar-refractivity contribution >= 4 is 0 Å². The minimum Gasteiger partial charge on any atom is -0.329 e. The van der Waals surface area contributed by atoms with Crippen LogP contribution in [0.1, 0.15) is 43.9 Å². The molecule has 0 unspecified atom stereocenters. The molecule has 0 fully saturated rings. The molecule has 0 saturated carbocycles. The number of hydrogen-bond acceptors (Lipinski definition) is 2. The van der Waals surface area contributed by atoms with Gasteiger partial charge in [0, 0.05) is 18.6 Å². The first-order valence-electron chi connectivity index (χ1n) is 6.92. The van der Waals surface area contributed by atoms with Crippen molar-refractivity contribution in [3.8, 4) is 0 Å². The molecule has 2 nitrogen and oxygen atoms in total. The summed E-state index contributed by atoms with van der Waals surface area (Å²) in [6.07, 6.45) is 1.16. The molecular weight excluding hydrogens is 220 g/mol. The van der Waals surface area contributed by atoms with Crippen molar-refractivity contribution in [1.29, 1.82) is 0 Å². The SMILES string of the molecule is CCCN(Cc1c(C)cccc1C)C(C)(C)CN. The number of nitrogens with zero attached hydrogens (tertiary/aromatic N) is 1. The number of benzene rings is 1. The molecule has 0 amide bonds. The minimum absolute atomic E-state index is 0.0602. The lowest BCUT2D eigenvalue weighted by molar-refractivity contribution is 0.117. The van der Waals surface area contributed by atoms with Crippen LogP contribution in [0, 0.1) is 13.8 Å². The number of aryl methyl sites for hydroxylation is 2. The van der Waals surface area contributed by atoms with Gasteiger partial charge in [0.15, 0.2) is 0 Å². The summed E-state index contributed by atoms with van der Waals surface area (Å²) in [6, 6.07) is 6.52. The summed E-state index contributed by atoms with van der Waals surface area (Å²) in [5, 5.41) is 0. The third kappa shape index (κ3) is 3.56. The molecule has 0 aromatic heterocycles. The van der Waals surface area contributed by atoms with Gasteiger partial charge in [-0.3, -0.25) is 4.90 Å². The third-order valence-electron chi connectivity index (χ3n) is 3.84. The Labute approximate surface area is 112 Å². The molecule has 18 heavy (non-hydrogen) atoms. The molecule has 1 aromatic carbocycles. The van der Waals surface area contributed by atoms with Crippen LogP contribution >= 0.6 is 0 Å². The van der Waals surface area contributed by atoms with Gasteiger partial charge in [0.25, 0.3) is 0 Å². The molecule has 0 spiro atoms. The molecular formula is C16H28N2. The normalized spacial score (nSPS) is 12.2. The van der Waals surface area contributed by atoms with Crippen molar-refractivity contribution in [2.45, 2.75) is 53.1 Å². The smallest absolute Gasteiger partial charge is 0.0278 e. The lowest BCUT2D eigenvalue weighted by atomic mass is 9.97. The van der Waals surface area contributed by atoms with E-state index in [1.54, 1.807) is 0 Å². The Hall–Kier alpha value is -0.860. The Bertz CT molecular complexity index is 362. The fraction of sp³-hybridized carbons (Fsp3) is 0.625. The average Bonchev–Trinajstić information content (AvgIpc) is 2.32. The summed E-state index contributed by atoms with van der Waals surface area (Å²) in [4.78, 5) is 2.50. The van der Waals surface area contributed by atoms with Gasteiger partial charge in [-0.2, -0.15) is 0 Å². The highest BCUT2D eigenvalue weighted by Gasteiger charge is 2.25. The van der Waals surface area contributed by atoms with Gasteiger partial charge in [0.05, 0.1) is 0 Å². The topological polar surface area (TPSA) is 29.3 Å². The van der Waals surface area contributed by atoms with E-state index < -0.39 is 0 Å². The summed E-state index contributed by atoms with van der Waals surface area (Å²) in [6.45, 7) is 13.9. The standard InChI is InChI=1S/C16H28N2/c1-6-10-18(16(4,5)12-17)11-15-13(2)8-7-9-14(15)3/h7-9H,6,10-12,17H2,1-5H3. The zero-order chi connectivity index (χ0) is 13.8. The molecule has 2 heteroatoms. The summed E-state index contributed by atoms with van der Waals surface area (Å²) in [7, 11) is 0. The Morgan fingerprint density at radius 3 is 2.17 bits per heavy atom. The van der Waals surface area contributed by atoms with Gasteiger partial charge in [-0.25, -0.2) is 0 Å². The van der Waals surface area contributed by atoms with Crippen molar-refractivity contribution in [3.63, 3.8) is 0 Å². The average molecular weight is 248 g/mol. The highest BCUT2D eigenvalue weighted by atomic mass is 15.2. The summed E-state index contributed by atoms with van der Waals surface area (Å²) >= 11 is 0. The van der Waals surface area contributed by atoms with E-state index >= 15 is 0 Å². The van der Waals surface area contributed by atoms with Crippen molar-refractivity contribution in [3.05, 3.63) is 34.9 Å². The fourth-order valence-corrected chi connectivity index (χ4v) is 2.28. The Morgan fingerprint density at radius 1 is 1.17 bits per heavy atom. The molecule has 2 N–H and O–H groups in total. The zero-order valence-corrected chi connectivity index (χ0v) is 12.6. The molecule has 102 valence electrons. The maximum absolute atomic E-state index is 5.93. The largest absolute Gasteiger partial charge is 0.329 e. The van der Waals surface area contributed by atoms with E-state index in [2.05, 4.69) is 57.7 Å². The fourth-order valence-electron chi connectivity index (χ4n) is 2.28. The van der Waals surface area contributed by atoms with Gasteiger partial charge in [0.2, 0.25) is 0 Å². The Balaban J connectivity index is 2.97. The van der Waals surface area contributed by atoms with E-state index in [1.807, 2.05) is 0 Å². The van der Waals surface area contributed by atoms with Crippen molar-refractivity contribution in [1.82, 2.24) is 4.90 Å². The maximum Gasteiger partial charge on any atom is 0.0278 e. The van der Waals surface area contributed by atoms with Crippen LogP contribution in [0.2, 0.25) is 0 Å². The molecule has 0 atom stereocenters. The van der Waals surface area contributed by atoms with Crippen molar-refractivity contribution in [2.75, 3.05) is 13.1 Å². The van der Waals surface area contributed by atoms with Crippen molar-refractivity contribution < 1.29 is 0 Å². The second-order valence-corrected chi connectivity index (χ2v) is 5.81. The highest BCUT2D eigenvalue weighted by molar-refractivity contribution is 5.33. The molecule has 0 bridgehead atoms. The maximum atomic E-state index is 5.93. The summed E-state index contributed by atoms with van der Waals surface area (Å²) in [5.74, 6) is 0. The summed E-state index contributed by atoms with van der Waals surface area (Å²) < 4.78 is 0. The zero-order valence-electron chi connectivity index (χ0n) is 12.6. The predicted octanol–water partition coefficient (Wildman–Crippen LogP) is 3.25. The molecule has 0 aliphatic heterocycles. The first kappa shape index (κ1) is 15.2. The number of nitrogens with two attached hydrogens (primary N) is 1. The molecule has 0 heterocycles. The molecule has 0 aliphatic carbocycles. The van der Waals surface area contributed by atoms with Gasteiger partial charge in [-0.05, 0) is 57.4 Å². The molecule has 0 aliphatic rings. The van der Waals surface area contributed by atoms with Gasteiger partial charge in [-0.1, -0.05) is 25.1 Å². The second-order valence-electron chi connectivity index (χ2n) is 5.81. The van der Waals surface area contributed by atoms with Crippen LogP contribution in [0.4, 0.5) is 0 Å².